The molecule has 0 aliphatic rings. The lowest BCUT2D eigenvalue weighted by Crippen LogP contribution is -2.35. The van der Waals surface area contributed by atoms with Crippen LogP contribution in [-0.2, 0) is 15.9 Å². The van der Waals surface area contributed by atoms with Gasteiger partial charge in [0.2, 0.25) is 5.89 Å². The number of rotatable bonds is 9. The minimum atomic E-state index is -0.505. The molecule has 0 saturated heterocycles. The van der Waals surface area contributed by atoms with E-state index >= 15 is 0 Å². The van der Waals surface area contributed by atoms with E-state index in [9.17, 15) is 4.79 Å². The maximum absolute atomic E-state index is 12.0. The second-order valence-corrected chi connectivity index (χ2v) is 5.23. The zero-order chi connectivity index (χ0) is 17.4. The van der Waals surface area contributed by atoms with E-state index in [0.717, 1.165) is 5.56 Å². The number of hydrogen-bond donors (Lipinski definition) is 1. The molecule has 0 fully saturated rings. The topological polar surface area (TPSA) is 86.5 Å². The fraction of sp³-hybridized carbons (Fsp3) is 0.438. The van der Waals surface area contributed by atoms with Gasteiger partial charge in [-0.2, -0.15) is 0 Å². The number of halogens is 1. The van der Waals surface area contributed by atoms with Crippen molar-refractivity contribution in [1.29, 1.82) is 0 Å². The second kappa shape index (κ2) is 9.36. The molecule has 1 aromatic carbocycles. The Morgan fingerprint density at radius 2 is 1.96 bits per heavy atom. The summed E-state index contributed by atoms with van der Waals surface area (Å²) < 4.78 is 16.1. The number of carbonyl (C=O) groups excluding carboxylic acids is 1. The fourth-order valence-corrected chi connectivity index (χ4v) is 2.21. The first kappa shape index (κ1) is 18.4. The van der Waals surface area contributed by atoms with Crippen LogP contribution in [0, 0.1) is 0 Å². The van der Waals surface area contributed by atoms with Crippen LogP contribution in [0.1, 0.15) is 36.0 Å². The van der Waals surface area contributed by atoms with Gasteiger partial charge in [0.25, 0.3) is 0 Å². The zero-order valence-corrected chi connectivity index (χ0v) is 14.4. The predicted octanol–water partition coefficient (Wildman–Crippen LogP) is 2.44. The highest BCUT2D eigenvalue weighted by Gasteiger charge is 2.17. The molecule has 2 rings (SSSR count). The Labute approximate surface area is 145 Å². The zero-order valence-electron chi connectivity index (χ0n) is 13.6. The number of aromatic nitrogens is 2. The van der Waals surface area contributed by atoms with Gasteiger partial charge in [0.15, 0.2) is 6.29 Å². The molecule has 0 bridgehead atoms. The van der Waals surface area contributed by atoms with Crippen LogP contribution in [-0.4, -0.2) is 42.2 Å². The van der Waals surface area contributed by atoms with E-state index in [1.807, 2.05) is 32.0 Å². The molecule has 1 heterocycles. The van der Waals surface area contributed by atoms with E-state index in [-0.39, 0.29) is 12.4 Å². The number of hydrogen-bond acceptors (Lipinski definition) is 6. The average Bonchev–Trinajstić information content (AvgIpc) is 3.03. The first-order chi connectivity index (χ1) is 11.6. The van der Waals surface area contributed by atoms with Gasteiger partial charge in [-0.1, -0.05) is 29.8 Å². The second-order valence-electron chi connectivity index (χ2n) is 4.82. The predicted molar refractivity (Wildman–Crippen MR) is 87.9 cm³/mol. The van der Waals surface area contributed by atoms with E-state index < -0.39 is 12.2 Å². The van der Waals surface area contributed by atoms with Crippen LogP contribution in [0.25, 0.3) is 0 Å². The van der Waals surface area contributed by atoms with Gasteiger partial charge in [-0.15, -0.1) is 10.2 Å². The molecule has 0 spiro atoms. The highest BCUT2D eigenvalue weighted by atomic mass is 35.5. The third kappa shape index (κ3) is 5.30. The minimum Gasteiger partial charge on any atom is -0.417 e. The van der Waals surface area contributed by atoms with E-state index in [1.165, 1.54) is 0 Å². The molecule has 0 saturated carbocycles. The Hall–Kier alpha value is -1.96. The number of nitrogens with one attached hydrogen (secondary N) is 1. The van der Waals surface area contributed by atoms with E-state index in [0.29, 0.717) is 30.5 Å². The molecule has 7 nitrogen and oxygen atoms in total. The summed E-state index contributed by atoms with van der Waals surface area (Å²) in [4.78, 5) is 12.0. The number of carbonyl (C=O) groups is 1. The summed E-state index contributed by atoms with van der Waals surface area (Å²) in [5.41, 5.74) is 0.850. The monoisotopic (exact) mass is 353 g/mol. The van der Waals surface area contributed by atoms with Crippen LogP contribution in [0.15, 0.2) is 28.7 Å². The number of benzene rings is 1. The van der Waals surface area contributed by atoms with Gasteiger partial charge < -0.3 is 19.2 Å². The van der Waals surface area contributed by atoms with Crippen molar-refractivity contribution in [1.82, 2.24) is 15.5 Å². The maximum Gasteiger partial charge on any atom is 0.309 e. The first-order valence-corrected chi connectivity index (χ1v) is 8.09. The quantitative estimate of drug-likeness (QED) is 0.697. The van der Waals surface area contributed by atoms with E-state index in [4.69, 9.17) is 25.5 Å². The molecule has 0 atom stereocenters. The summed E-state index contributed by atoms with van der Waals surface area (Å²) in [6, 6.07) is 7.35. The fourth-order valence-electron chi connectivity index (χ4n) is 2.01. The summed E-state index contributed by atoms with van der Waals surface area (Å²) in [7, 11) is 0. The molecule has 1 amide bonds. The van der Waals surface area contributed by atoms with Gasteiger partial charge in [0.05, 0.1) is 13.0 Å². The lowest BCUT2D eigenvalue weighted by Gasteiger charge is -2.16. The molecule has 8 heteroatoms. The molecule has 24 heavy (non-hydrogen) atoms. The molecule has 1 aromatic heterocycles. The summed E-state index contributed by atoms with van der Waals surface area (Å²) in [5.74, 6) is -0.263. The van der Waals surface area contributed by atoms with Crippen LogP contribution < -0.4 is 5.32 Å². The molecule has 0 aliphatic carbocycles. The van der Waals surface area contributed by atoms with Crippen molar-refractivity contribution in [3.8, 4) is 0 Å². The van der Waals surface area contributed by atoms with Crippen molar-refractivity contribution in [2.24, 2.45) is 0 Å². The Kier molecular flexibility index (Phi) is 7.17. The molecule has 2 aromatic rings. The number of ether oxygens (including phenoxy) is 2. The normalized spacial score (nSPS) is 11.0. The number of nitrogens with zero attached hydrogens (tertiary/aromatic N) is 2. The molecule has 0 radical (unpaired) electrons. The highest BCUT2D eigenvalue weighted by molar-refractivity contribution is 6.31. The van der Waals surface area contributed by atoms with Gasteiger partial charge in [0, 0.05) is 18.2 Å². The standard InChI is InChI=1S/C16H20ClN3O4/c1-3-22-14(23-4-2)10-18-15(21)16-20-19-13(24-16)9-11-7-5-6-8-12(11)17/h5-8,14H,3-4,9-10H2,1-2H3,(H,18,21). The summed E-state index contributed by atoms with van der Waals surface area (Å²) in [6.07, 6.45) is -0.144. The lowest BCUT2D eigenvalue weighted by atomic mass is 10.1. The van der Waals surface area contributed by atoms with Gasteiger partial charge in [-0.3, -0.25) is 4.79 Å². The van der Waals surface area contributed by atoms with Crippen molar-refractivity contribution >= 4 is 17.5 Å². The van der Waals surface area contributed by atoms with Crippen LogP contribution in [0.4, 0.5) is 0 Å². The van der Waals surface area contributed by atoms with E-state index in [1.54, 1.807) is 6.07 Å². The van der Waals surface area contributed by atoms with Crippen molar-refractivity contribution in [2.45, 2.75) is 26.6 Å². The first-order valence-electron chi connectivity index (χ1n) is 7.71. The molecular formula is C16H20ClN3O4. The largest absolute Gasteiger partial charge is 0.417 e. The molecule has 0 unspecified atom stereocenters. The third-order valence-electron chi connectivity index (χ3n) is 3.10. The van der Waals surface area contributed by atoms with Crippen LogP contribution in [0.3, 0.4) is 0 Å². The smallest absolute Gasteiger partial charge is 0.309 e. The van der Waals surface area contributed by atoms with Crippen molar-refractivity contribution < 1.29 is 18.7 Å². The van der Waals surface area contributed by atoms with Crippen molar-refractivity contribution in [2.75, 3.05) is 19.8 Å². The van der Waals surface area contributed by atoms with Gasteiger partial charge in [-0.05, 0) is 25.5 Å². The lowest BCUT2D eigenvalue weighted by molar-refractivity contribution is -0.131. The average molecular weight is 354 g/mol. The van der Waals surface area contributed by atoms with Crippen molar-refractivity contribution in [3.63, 3.8) is 0 Å². The van der Waals surface area contributed by atoms with Gasteiger partial charge in [0.1, 0.15) is 0 Å². The molecule has 130 valence electrons. The van der Waals surface area contributed by atoms with Crippen LogP contribution in [0.2, 0.25) is 5.02 Å². The maximum atomic E-state index is 12.0. The minimum absolute atomic E-state index is 0.108. The Bertz CT molecular complexity index is 656. The molecule has 1 N–H and O–H groups in total. The Balaban J connectivity index is 1.92. The summed E-state index contributed by atoms with van der Waals surface area (Å²) in [6.45, 7) is 4.88. The summed E-state index contributed by atoms with van der Waals surface area (Å²) >= 11 is 6.09. The van der Waals surface area contributed by atoms with Crippen molar-refractivity contribution in [3.05, 3.63) is 46.6 Å². The number of amides is 1. The van der Waals surface area contributed by atoms with Crippen LogP contribution >= 0.6 is 11.6 Å². The van der Waals surface area contributed by atoms with Gasteiger partial charge in [-0.25, -0.2) is 0 Å². The third-order valence-corrected chi connectivity index (χ3v) is 3.46. The highest BCUT2D eigenvalue weighted by Crippen LogP contribution is 2.18. The van der Waals surface area contributed by atoms with Gasteiger partial charge >= 0.3 is 11.8 Å². The Morgan fingerprint density at radius 1 is 1.25 bits per heavy atom. The Morgan fingerprint density at radius 3 is 2.62 bits per heavy atom. The van der Waals surface area contributed by atoms with Crippen LogP contribution in [0.5, 0.6) is 0 Å². The summed E-state index contributed by atoms with van der Waals surface area (Å²) in [5, 5.41) is 10.9. The molecular weight excluding hydrogens is 334 g/mol. The SMILES string of the molecule is CCOC(CNC(=O)c1nnc(Cc2ccccc2Cl)o1)OCC. The molecule has 0 aliphatic heterocycles. The van der Waals surface area contributed by atoms with E-state index in [2.05, 4.69) is 15.5 Å².